The van der Waals surface area contributed by atoms with Crippen LogP contribution in [0.4, 0.5) is 5.69 Å². The van der Waals surface area contributed by atoms with Gasteiger partial charge in [-0.1, -0.05) is 0 Å². The molecule has 2 N–H and O–H groups in total. The predicted octanol–water partition coefficient (Wildman–Crippen LogP) is 3.60. The summed E-state index contributed by atoms with van der Waals surface area (Å²) < 4.78 is 6.46. The van der Waals surface area contributed by atoms with Gasteiger partial charge in [0.1, 0.15) is 23.1 Å². The number of nitro benzene ring substituents is 1. The third-order valence-corrected chi connectivity index (χ3v) is 4.50. The number of aromatic hydroxyl groups is 1. The summed E-state index contributed by atoms with van der Waals surface area (Å²) in [6, 6.07) is 8.35. The summed E-state index contributed by atoms with van der Waals surface area (Å²) in [6.45, 7) is 0. The van der Waals surface area contributed by atoms with E-state index in [9.17, 15) is 20.4 Å². The van der Waals surface area contributed by atoms with Crippen LogP contribution in [-0.2, 0) is 0 Å². The summed E-state index contributed by atoms with van der Waals surface area (Å²) in [7, 11) is 0. The van der Waals surface area contributed by atoms with Crippen LogP contribution in [0.1, 0.15) is 11.1 Å². The van der Waals surface area contributed by atoms with Crippen molar-refractivity contribution in [2.45, 2.75) is 0 Å². The lowest BCUT2D eigenvalue weighted by Crippen LogP contribution is -2.12. The minimum absolute atomic E-state index is 0.00833. The number of ether oxygens (including phenoxy) is 1. The van der Waals surface area contributed by atoms with Crippen LogP contribution >= 0.6 is 45.2 Å². The van der Waals surface area contributed by atoms with E-state index in [-0.39, 0.29) is 28.6 Å². The Labute approximate surface area is 162 Å². The monoisotopic (exact) mass is 551 g/mol. The van der Waals surface area contributed by atoms with Gasteiger partial charge in [-0.15, -0.1) is 0 Å². The van der Waals surface area contributed by atoms with Gasteiger partial charge in [0.2, 0.25) is 0 Å². The Morgan fingerprint density at radius 3 is 2.42 bits per heavy atom. The van der Waals surface area contributed by atoms with Crippen molar-refractivity contribution < 1.29 is 20.0 Å². The zero-order valence-electron chi connectivity index (χ0n) is 11.6. The number of hydrogen-bond donors (Lipinski definition) is 2. The molecule has 2 rings (SSSR count). The molecule has 122 valence electrons. The molecule has 0 heterocycles. The highest BCUT2D eigenvalue weighted by Gasteiger charge is 2.17. The van der Waals surface area contributed by atoms with Gasteiger partial charge in [-0.3, -0.25) is 10.1 Å². The molecule has 0 aliphatic heterocycles. The first-order valence-corrected chi connectivity index (χ1v) is 8.30. The minimum Gasteiger partial charge on any atom is -0.506 e. The van der Waals surface area contributed by atoms with Gasteiger partial charge in [0.25, 0.3) is 11.6 Å². The summed E-state index contributed by atoms with van der Waals surface area (Å²) >= 11 is 3.82. The average molecular weight is 551 g/mol. The quantitative estimate of drug-likeness (QED) is 0.150. The van der Waals surface area contributed by atoms with Gasteiger partial charge in [0.05, 0.1) is 12.1 Å². The van der Waals surface area contributed by atoms with Crippen molar-refractivity contribution in [1.29, 1.82) is 5.26 Å². The Hall–Kier alpha value is -2.14. The molecule has 0 aliphatic carbocycles. The second kappa shape index (κ2) is 7.62. The maximum absolute atomic E-state index is 10.8. The van der Waals surface area contributed by atoms with Crippen LogP contribution in [0, 0.1) is 28.6 Å². The molecule has 2 aromatic rings. The number of phenolic OH excluding ortho intramolecular Hbond substituents is 1. The molecule has 0 saturated carbocycles. The fourth-order valence-corrected chi connectivity index (χ4v) is 3.51. The molecule has 0 atom stereocenters. The van der Waals surface area contributed by atoms with E-state index in [0.717, 1.165) is 6.07 Å². The van der Waals surface area contributed by atoms with E-state index in [1.54, 1.807) is 6.07 Å². The van der Waals surface area contributed by atoms with Crippen LogP contribution in [-0.4, -0.2) is 21.1 Å². The van der Waals surface area contributed by atoms with E-state index in [0.29, 0.717) is 12.7 Å². The number of benzene rings is 2. The molecule has 0 unspecified atom stereocenters. The number of nitro groups is 1. The predicted molar refractivity (Wildman–Crippen MR) is 100 cm³/mol. The lowest BCUT2D eigenvalue weighted by atomic mass is 10.2. The number of oxime groups is 1. The van der Waals surface area contributed by atoms with Crippen LogP contribution in [0.3, 0.4) is 0 Å². The van der Waals surface area contributed by atoms with Crippen LogP contribution in [0.2, 0.25) is 0 Å². The standard InChI is InChI=1S/C14H7I2N3O5/c15-10-4-7(5-11(16)13(10)20)14(18-21)24-12-2-1-9(19(22)23)3-8(12)6-17/h1-5,20-21H. The number of nitriles is 1. The summed E-state index contributed by atoms with van der Waals surface area (Å²) in [5.74, 6) is -0.115. The molecular formula is C14H7I2N3O5. The van der Waals surface area contributed by atoms with E-state index >= 15 is 0 Å². The van der Waals surface area contributed by atoms with E-state index in [2.05, 4.69) is 5.16 Å². The zero-order chi connectivity index (χ0) is 17.9. The van der Waals surface area contributed by atoms with Gasteiger partial charge in [0, 0.05) is 17.7 Å². The van der Waals surface area contributed by atoms with Crippen LogP contribution in [0.25, 0.3) is 0 Å². The molecule has 10 heteroatoms. The molecule has 0 radical (unpaired) electrons. The molecule has 0 aliphatic rings. The topological polar surface area (TPSA) is 129 Å². The summed E-state index contributed by atoms with van der Waals surface area (Å²) in [6.07, 6.45) is 0. The van der Waals surface area contributed by atoms with Crippen molar-refractivity contribution in [1.82, 2.24) is 0 Å². The molecule has 0 fully saturated rings. The smallest absolute Gasteiger partial charge is 0.271 e. The SMILES string of the molecule is N#Cc1cc([N+](=O)[O-])ccc1OC(=NO)c1cc(I)c(O)c(I)c1. The lowest BCUT2D eigenvalue weighted by Gasteiger charge is -2.10. The molecule has 0 amide bonds. The molecule has 8 nitrogen and oxygen atoms in total. The van der Waals surface area contributed by atoms with Crippen molar-refractivity contribution >= 4 is 56.8 Å². The Morgan fingerprint density at radius 1 is 1.29 bits per heavy atom. The molecule has 0 aromatic heterocycles. The number of phenols is 1. The van der Waals surface area contributed by atoms with E-state index in [1.165, 1.54) is 24.3 Å². The lowest BCUT2D eigenvalue weighted by molar-refractivity contribution is -0.384. The molecule has 0 spiro atoms. The van der Waals surface area contributed by atoms with Crippen molar-refractivity contribution in [2.24, 2.45) is 5.16 Å². The fraction of sp³-hybridized carbons (Fsp3) is 0. The Morgan fingerprint density at radius 2 is 1.92 bits per heavy atom. The molecule has 2 aromatic carbocycles. The fourth-order valence-electron chi connectivity index (χ4n) is 1.74. The summed E-state index contributed by atoms with van der Waals surface area (Å²) in [4.78, 5) is 10.1. The average Bonchev–Trinajstić information content (AvgIpc) is 2.56. The molecule has 0 saturated heterocycles. The molecule has 0 bridgehead atoms. The van der Waals surface area contributed by atoms with Gasteiger partial charge >= 0.3 is 0 Å². The third kappa shape index (κ3) is 3.85. The van der Waals surface area contributed by atoms with E-state index < -0.39 is 4.92 Å². The number of halogens is 2. The highest BCUT2D eigenvalue weighted by atomic mass is 127. The largest absolute Gasteiger partial charge is 0.506 e. The zero-order valence-corrected chi connectivity index (χ0v) is 15.9. The van der Waals surface area contributed by atoms with Crippen LogP contribution < -0.4 is 4.74 Å². The van der Waals surface area contributed by atoms with Crippen molar-refractivity contribution in [3.05, 3.63) is 58.7 Å². The highest BCUT2D eigenvalue weighted by Crippen LogP contribution is 2.29. The summed E-state index contributed by atoms with van der Waals surface area (Å²) in [5.41, 5.74) is 0.0370. The maximum Gasteiger partial charge on any atom is 0.271 e. The van der Waals surface area contributed by atoms with Crippen molar-refractivity contribution in [2.75, 3.05) is 0 Å². The second-order valence-electron chi connectivity index (χ2n) is 4.35. The summed E-state index contributed by atoms with van der Waals surface area (Å²) in [5, 5.41) is 41.9. The van der Waals surface area contributed by atoms with Crippen molar-refractivity contribution in [3.63, 3.8) is 0 Å². The van der Waals surface area contributed by atoms with E-state index in [4.69, 9.17) is 10.00 Å². The van der Waals surface area contributed by atoms with E-state index in [1.807, 2.05) is 45.2 Å². The van der Waals surface area contributed by atoms with Gasteiger partial charge in [-0.05, 0) is 68.5 Å². The van der Waals surface area contributed by atoms with Crippen LogP contribution in [0.15, 0.2) is 35.5 Å². The minimum atomic E-state index is -0.629. The number of rotatable bonds is 3. The maximum atomic E-state index is 10.8. The first kappa shape index (κ1) is 18.2. The third-order valence-electron chi connectivity index (χ3n) is 2.86. The van der Waals surface area contributed by atoms with Gasteiger partial charge in [0.15, 0.2) is 0 Å². The molecular weight excluding hydrogens is 544 g/mol. The Balaban J connectivity index is 2.42. The first-order valence-electron chi connectivity index (χ1n) is 6.14. The first-order chi connectivity index (χ1) is 11.4. The number of hydrogen-bond acceptors (Lipinski definition) is 7. The van der Waals surface area contributed by atoms with Crippen LogP contribution in [0.5, 0.6) is 11.5 Å². The van der Waals surface area contributed by atoms with Crippen molar-refractivity contribution in [3.8, 4) is 17.6 Å². The van der Waals surface area contributed by atoms with Gasteiger partial charge in [-0.25, -0.2) is 0 Å². The Bertz CT molecular complexity index is 869. The normalized spacial score (nSPS) is 11.0. The number of nitrogens with zero attached hydrogens (tertiary/aromatic N) is 3. The Kier molecular flexibility index (Phi) is 5.78. The van der Waals surface area contributed by atoms with Gasteiger partial charge < -0.3 is 15.1 Å². The second-order valence-corrected chi connectivity index (χ2v) is 6.67. The van der Waals surface area contributed by atoms with Gasteiger partial charge in [-0.2, -0.15) is 5.26 Å². The molecule has 24 heavy (non-hydrogen) atoms. The number of non-ortho nitro benzene ring substituents is 1. The highest BCUT2D eigenvalue weighted by molar-refractivity contribution is 14.1.